The topological polar surface area (TPSA) is 117 Å². The fraction of sp³-hybridized carbons (Fsp3) is 0.368. The van der Waals surface area contributed by atoms with Gasteiger partial charge in [0.1, 0.15) is 0 Å². The molecule has 11 heteroatoms. The van der Waals surface area contributed by atoms with Gasteiger partial charge >= 0.3 is 6.61 Å². The van der Waals surface area contributed by atoms with Crippen LogP contribution in [-0.4, -0.2) is 45.8 Å². The fourth-order valence-electron chi connectivity index (χ4n) is 3.11. The number of nitrogens with two attached hydrogens (primary N) is 1. The van der Waals surface area contributed by atoms with E-state index in [1.165, 1.54) is 17.7 Å². The first-order valence-electron chi connectivity index (χ1n) is 9.15. The molecule has 160 valence electrons. The second kappa shape index (κ2) is 8.89. The van der Waals surface area contributed by atoms with E-state index in [-0.39, 0.29) is 29.8 Å². The highest BCUT2D eigenvalue weighted by Crippen LogP contribution is 2.29. The molecule has 0 spiro atoms. The predicted octanol–water partition coefficient (Wildman–Crippen LogP) is 1.83. The van der Waals surface area contributed by atoms with Gasteiger partial charge < -0.3 is 20.5 Å². The summed E-state index contributed by atoms with van der Waals surface area (Å²) in [7, 11) is 1.37. The molecule has 2 aromatic heterocycles. The van der Waals surface area contributed by atoms with Gasteiger partial charge in [-0.2, -0.15) is 18.3 Å². The van der Waals surface area contributed by atoms with Crippen molar-refractivity contribution in [3.63, 3.8) is 0 Å². The number of alkyl halides is 2. The van der Waals surface area contributed by atoms with E-state index in [1.807, 2.05) is 6.92 Å². The zero-order valence-electron chi connectivity index (χ0n) is 16.8. The number of ether oxygens (including phenoxy) is 2. The molecule has 0 aliphatic heterocycles. The number of carbonyl (C=O) groups is 1. The Hall–Kier alpha value is -3.50. The number of halogens is 2. The van der Waals surface area contributed by atoms with Crippen LogP contribution in [0.4, 0.5) is 14.7 Å². The number of benzene rings is 1. The zero-order valence-corrected chi connectivity index (χ0v) is 16.8. The van der Waals surface area contributed by atoms with Crippen molar-refractivity contribution in [1.82, 2.24) is 24.9 Å². The lowest BCUT2D eigenvalue weighted by molar-refractivity contribution is -0.120. The highest BCUT2D eigenvalue weighted by Gasteiger charge is 2.16. The third kappa shape index (κ3) is 4.73. The van der Waals surface area contributed by atoms with Gasteiger partial charge in [-0.1, -0.05) is 6.07 Å². The monoisotopic (exact) mass is 420 g/mol. The summed E-state index contributed by atoms with van der Waals surface area (Å²) in [6.45, 7) is 1.06. The smallest absolute Gasteiger partial charge is 0.387 e. The maximum atomic E-state index is 12.4. The number of aromatic nitrogens is 4. The molecule has 2 heterocycles. The number of amides is 1. The Labute approximate surface area is 171 Å². The SMILES string of the molecule is COc1cc(CCNC(=O)Cc2c(C)nc3nc(N)nn3c2C)ccc1OC(F)F. The van der Waals surface area contributed by atoms with Crippen LogP contribution >= 0.6 is 0 Å². The van der Waals surface area contributed by atoms with Crippen LogP contribution in [0.2, 0.25) is 0 Å². The summed E-state index contributed by atoms with van der Waals surface area (Å²) in [5.74, 6) is 0.492. The standard InChI is InChI=1S/C19H22F2N6O3/c1-10-13(11(2)27-19(24-10)25-18(22)26-27)9-16(28)23-7-6-12-4-5-14(30-17(20)21)15(8-12)29-3/h4-5,8,17H,6-7,9H2,1-3H3,(H2,22,26)(H,23,28). The Bertz CT molecular complexity index is 1070. The summed E-state index contributed by atoms with van der Waals surface area (Å²) >= 11 is 0. The lowest BCUT2D eigenvalue weighted by atomic mass is 10.1. The third-order valence-electron chi connectivity index (χ3n) is 4.58. The van der Waals surface area contributed by atoms with Crippen LogP contribution in [0.25, 0.3) is 5.78 Å². The molecule has 9 nitrogen and oxygen atoms in total. The van der Waals surface area contributed by atoms with Crippen LogP contribution in [-0.2, 0) is 17.6 Å². The van der Waals surface area contributed by atoms with E-state index in [1.54, 1.807) is 19.1 Å². The highest BCUT2D eigenvalue weighted by molar-refractivity contribution is 5.79. The molecule has 0 bridgehead atoms. The number of carbonyl (C=O) groups excluding carboxylic acids is 1. The average molecular weight is 420 g/mol. The number of rotatable bonds is 8. The van der Waals surface area contributed by atoms with E-state index in [9.17, 15) is 13.6 Å². The number of hydrogen-bond donors (Lipinski definition) is 2. The number of nitrogen functional groups attached to an aromatic ring is 1. The molecule has 1 aromatic carbocycles. The number of hydrogen-bond acceptors (Lipinski definition) is 7. The minimum absolute atomic E-state index is 0.0390. The van der Waals surface area contributed by atoms with Crippen molar-refractivity contribution in [3.05, 3.63) is 40.7 Å². The Morgan fingerprint density at radius 2 is 2.03 bits per heavy atom. The first kappa shape index (κ1) is 21.2. The van der Waals surface area contributed by atoms with E-state index in [2.05, 4.69) is 25.1 Å². The van der Waals surface area contributed by atoms with Crippen LogP contribution < -0.4 is 20.5 Å². The number of methoxy groups -OCH3 is 1. The zero-order chi connectivity index (χ0) is 21.8. The Morgan fingerprint density at radius 1 is 1.27 bits per heavy atom. The van der Waals surface area contributed by atoms with Crippen molar-refractivity contribution in [2.75, 3.05) is 19.4 Å². The van der Waals surface area contributed by atoms with Crippen molar-refractivity contribution >= 4 is 17.6 Å². The summed E-state index contributed by atoms with van der Waals surface area (Å²) in [6.07, 6.45) is 0.622. The molecule has 3 N–H and O–H groups in total. The molecule has 0 saturated heterocycles. The van der Waals surface area contributed by atoms with E-state index in [4.69, 9.17) is 10.5 Å². The maximum absolute atomic E-state index is 12.4. The molecule has 0 saturated carbocycles. The normalized spacial score (nSPS) is 11.1. The van der Waals surface area contributed by atoms with Gasteiger partial charge in [-0.15, -0.1) is 5.10 Å². The van der Waals surface area contributed by atoms with Gasteiger partial charge in [-0.3, -0.25) is 4.79 Å². The van der Waals surface area contributed by atoms with Gasteiger partial charge in [0.15, 0.2) is 11.5 Å². The van der Waals surface area contributed by atoms with Crippen molar-refractivity contribution in [2.24, 2.45) is 0 Å². The molecule has 0 unspecified atom stereocenters. The van der Waals surface area contributed by atoms with Gasteiger partial charge in [-0.25, -0.2) is 4.98 Å². The molecule has 30 heavy (non-hydrogen) atoms. The number of anilines is 1. The Morgan fingerprint density at radius 3 is 2.73 bits per heavy atom. The molecular weight excluding hydrogens is 398 g/mol. The minimum atomic E-state index is -2.93. The number of nitrogens with zero attached hydrogens (tertiary/aromatic N) is 4. The summed E-state index contributed by atoms with van der Waals surface area (Å²) in [5, 5.41) is 6.93. The molecule has 0 radical (unpaired) electrons. The molecular formula is C19H22F2N6O3. The van der Waals surface area contributed by atoms with Crippen molar-refractivity contribution in [3.8, 4) is 11.5 Å². The first-order valence-corrected chi connectivity index (χ1v) is 9.15. The van der Waals surface area contributed by atoms with E-state index < -0.39 is 6.61 Å². The van der Waals surface area contributed by atoms with Crippen LogP contribution in [0, 0.1) is 13.8 Å². The van der Waals surface area contributed by atoms with E-state index >= 15 is 0 Å². The van der Waals surface area contributed by atoms with E-state index in [0.29, 0.717) is 24.4 Å². The first-order chi connectivity index (χ1) is 14.3. The van der Waals surface area contributed by atoms with Crippen LogP contribution in [0.5, 0.6) is 11.5 Å². The van der Waals surface area contributed by atoms with Crippen LogP contribution in [0.1, 0.15) is 22.5 Å². The molecule has 0 atom stereocenters. The molecule has 1 amide bonds. The van der Waals surface area contributed by atoms with Gasteiger partial charge in [0, 0.05) is 23.5 Å². The van der Waals surface area contributed by atoms with Gasteiger partial charge in [0.2, 0.25) is 11.9 Å². The van der Waals surface area contributed by atoms with Gasteiger partial charge in [0.25, 0.3) is 5.78 Å². The highest BCUT2D eigenvalue weighted by atomic mass is 19.3. The van der Waals surface area contributed by atoms with Crippen LogP contribution in [0.3, 0.4) is 0 Å². The Kier molecular flexibility index (Phi) is 6.28. The number of fused-ring (bicyclic) bond motifs is 1. The molecule has 3 rings (SSSR count). The number of nitrogens with one attached hydrogen (secondary N) is 1. The van der Waals surface area contributed by atoms with Gasteiger partial charge in [0.05, 0.1) is 13.5 Å². The van der Waals surface area contributed by atoms with Crippen molar-refractivity contribution < 1.29 is 23.0 Å². The van der Waals surface area contributed by atoms with Crippen molar-refractivity contribution in [1.29, 1.82) is 0 Å². The summed E-state index contributed by atoms with van der Waals surface area (Å²) in [4.78, 5) is 20.8. The summed E-state index contributed by atoms with van der Waals surface area (Å²) < 4.78 is 35.8. The second-order valence-corrected chi connectivity index (χ2v) is 6.58. The van der Waals surface area contributed by atoms with E-state index in [0.717, 1.165) is 16.8 Å². The van der Waals surface area contributed by atoms with Gasteiger partial charge in [-0.05, 0) is 38.0 Å². The maximum Gasteiger partial charge on any atom is 0.387 e. The molecule has 3 aromatic rings. The molecule has 0 aliphatic rings. The largest absolute Gasteiger partial charge is 0.493 e. The van der Waals surface area contributed by atoms with Crippen molar-refractivity contribution in [2.45, 2.75) is 33.3 Å². The predicted molar refractivity (Wildman–Crippen MR) is 105 cm³/mol. The molecule has 0 aliphatic carbocycles. The lowest BCUT2D eigenvalue weighted by Crippen LogP contribution is -2.28. The minimum Gasteiger partial charge on any atom is -0.493 e. The average Bonchev–Trinajstić information content (AvgIpc) is 3.06. The lowest BCUT2D eigenvalue weighted by Gasteiger charge is -2.12. The summed E-state index contributed by atoms with van der Waals surface area (Å²) in [5.41, 5.74) is 8.61. The third-order valence-corrected chi connectivity index (χ3v) is 4.58. The second-order valence-electron chi connectivity index (χ2n) is 6.58. The molecule has 0 fully saturated rings. The number of aryl methyl sites for hydroxylation is 2. The van der Waals surface area contributed by atoms with Crippen LogP contribution in [0.15, 0.2) is 18.2 Å². The Balaban J connectivity index is 1.61. The quantitative estimate of drug-likeness (QED) is 0.571. The summed E-state index contributed by atoms with van der Waals surface area (Å²) in [6, 6.07) is 4.67. The fourth-order valence-corrected chi connectivity index (χ4v) is 3.11.